The predicted molar refractivity (Wildman–Crippen MR) is 63.1 cm³/mol. The number of hydrogen-bond donors (Lipinski definition) is 1. The smallest absolute Gasteiger partial charge is 0.338 e. The van der Waals surface area contributed by atoms with Crippen molar-refractivity contribution in [3.8, 4) is 0 Å². The van der Waals surface area contributed by atoms with Crippen molar-refractivity contribution in [3.05, 3.63) is 29.3 Å². The molecule has 0 atom stereocenters. The third kappa shape index (κ3) is 1.91. The summed E-state index contributed by atoms with van der Waals surface area (Å²) in [6.45, 7) is 2.20. The molecule has 1 aliphatic heterocycles. The van der Waals surface area contributed by atoms with Gasteiger partial charge >= 0.3 is 5.97 Å². The quantitative estimate of drug-likeness (QED) is 0.771. The first-order valence-electron chi connectivity index (χ1n) is 5.27. The van der Waals surface area contributed by atoms with E-state index >= 15 is 0 Å². The third-order valence-electron chi connectivity index (χ3n) is 2.52. The van der Waals surface area contributed by atoms with Crippen molar-refractivity contribution in [2.75, 3.05) is 19.0 Å². The molecule has 0 spiro atoms. The molecule has 0 fully saturated rings. The van der Waals surface area contributed by atoms with Crippen LogP contribution < -0.4 is 5.32 Å². The van der Waals surface area contributed by atoms with Gasteiger partial charge in [0.2, 0.25) is 0 Å². The average molecular weight is 218 g/mol. The fourth-order valence-electron chi connectivity index (χ4n) is 1.72. The third-order valence-corrected chi connectivity index (χ3v) is 2.52. The Morgan fingerprint density at radius 3 is 3.06 bits per heavy atom. The number of nitrogens with zero attached hydrogens (tertiary/aromatic N) is 1. The zero-order valence-corrected chi connectivity index (χ0v) is 9.41. The average Bonchev–Trinajstić information content (AvgIpc) is 2.70. The van der Waals surface area contributed by atoms with Gasteiger partial charge in [-0.05, 0) is 30.7 Å². The molecule has 1 aromatic carbocycles. The van der Waals surface area contributed by atoms with Crippen molar-refractivity contribution in [1.29, 1.82) is 0 Å². The molecule has 2 rings (SSSR count). The van der Waals surface area contributed by atoms with E-state index in [1.807, 2.05) is 12.1 Å². The van der Waals surface area contributed by atoms with Gasteiger partial charge in [0.05, 0.1) is 12.2 Å². The second kappa shape index (κ2) is 4.35. The minimum Gasteiger partial charge on any atom is -0.462 e. The van der Waals surface area contributed by atoms with Gasteiger partial charge in [-0.2, -0.15) is 0 Å². The minimum absolute atomic E-state index is 0.271. The number of fused-ring (bicyclic) bond motifs is 1. The highest BCUT2D eigenvalue weighted by molar-refractivity contribution is 6.04. The Morgan fingerprint density at radius 1 is 1.56 bits per heavy atom. The molecule has 84 valence electrons. The van der Waals surface area contributed by atoms with E-state index in [9.17, 15) is 4.79 Å². The maximum absolute atomic E-state index is 11.5. The van der Waals surface area contributed by atoms with Crippen LogP contribution in [0.15, 0.2) is 23.2 Å². The summed E-state index contributed by atoms with van der Waals surface area (Å²) in [4.78, 5) is 15.6. The van der Waals surface area contributed by atoms with Crippen LogP contribution in [-0.4, -0.2) is 25.5 Å². The van der Waals surface area contributed by atoms with Gasteiger partial charge in [-0.1, -0.05) is 0 Å². The van der Waals surface area contributed by atoms with E-state index in [0.717, 1.165) is 23.5 Å². The van der Waals surface area contributed by atoms with Crippen molar-refractivity contribution in [3.63, 3.8) is 0 Å². The molecule has 0 unspecified atom stereocenters. The number of carbonyl (C=O) groups excluding carboxylic acids is 1. The maximum Gasteiger partial charge on any atom is 0.338 e. The molecular weight excluding hydrogens is 204 g/mol. The summed E-state index contributed by atoms with van der Waals surface area (Å²) in [5, 5.41) is 3.18. The molecule has 0 aromatic heterocycles. The monoisotopic (exact) mass is 218 g/mol. The van der Waals surface area contributed by atoms with Crippen LogP contribution in [0.3, 0.4) is 0 Å². The molecule has 0 saturated heterocycles. The van der Waals surface area contributed by atoms with E-state index in [-0.39, 0.29) is 5.97 Å². The Kier molecular flexibility index (Phi) is 2.90. The molecule has 1 N–H and O–H groups in total. The molecule has 1 heterocycles. The molecule has 0 aliphatic carbocycles. The maximum atomic E-state index is 11.5. The van der Waals surface area contributed by atoms with Crippen LogP contribution in [0.2, 0.25) is 0 Å². The van der Waals surface area contributed by atoms with E-state index < -0.39 is 0 Å². The van der Waals surface area contributed by atoms with E-state index in [4.69, 9.17) is 4.74 Å². The number of amidine groups is 1. The molecule has 1 aliphatic rings. The molecule has 1 aromatic rings. The van der Waals surface area contributed by atoms with Crippen LogP contribution in [-0.2, 0) is 11.2 Å². The fraction of sp³-hybridized carbons (Fsp3) is 0.333. The Bertz CT molecular complexity index is 452. The Hall–Kier alpha value is -1.84. The van der Waals surface area contributed by atoms with Crippen molar-refractivity contribution in [2.24, 2.45) is 4.99 Å². The number of ether oxygens (including phenoxy) is 1. The number of benzene rings is 1. The van der Waals surface area contributed by atoms with E-state index in [2.05, 4.69) is 10.3 Å². The van der Waals surface area contributed by atoms with Gasteiger partial charge in [0.25, 0.3) is 0 Å². The highest BCUT2D eigenvalue weighted by atomic mass is 16.5. The summed E-state index contributed by atoms with van der Waals surface area (Å²) in [6, 6.07) is 5.51. The van der Waals surface area contributed by atoms with Crippen LogP contribution in [0, 0.1) is 0 Å². The lowest BCUT2D eigenvalue weighted by atomic mass is 10.1. The number of hydrogen-bond acceptors (Lipinski definition) is 3. The highest BCUT2D eigenvalue weighted by Gasteiger charge is 2.17. The first kappa shape index (κ1) is 10.7. The predicted octanol–water partition coefficient (Wildman–Crippen LogP) is 1.86. The summed E-state index contributed by atoms with van der Waals surface area (Å²) in [5.41, 5.74) is 2.71. The SMILES string of the molecule is CCOC(=O)c1ccc2c(c1)CC(=NC)N2. The molecule has 0 bridgehead atoms. The molecule has 16 heavy (non-hydrogen) atoms. The van der Waals surface area contributed by atoms with Gasteiger partial charge in [0, 0.05) is 19.2 Å². The number of esters is 1. The van der Waals surface area contributed by atoms with Gasteiger partial charge in [-0.15, -0.1) is 0 Å². The van der Waals surface area contributed by atoms with Gasteiger partial charge in [-0.25, -0.2) is 4.79 Å². The van der Waals surface area contributed by atoms with Crippen LogP contribution in [0.25, 0.3) is 0 Å². The van der Waals surface area contributed by atoms with E-state index in [0.29, 0.717) is 12.2 Å². The molecule has 0 saturated carbocycles. The highest BCUT2D eigenvalue weighted by Crippen LogP contribution is 2.24. The van der Waals surface area contributed by atoms with Gasteiger partial charge in [0.1, 0.15) is 5.84 Å². The van der Waals surface area contributed by atoms with Crippen LogP contribution in [0.1, 0.15) is 22.8 Å². The molecule has 0 amide bonds. The normalized spacial score (nSPS) is 15.8. The van der Waals surface area contributed by atoms with Gasteiger partial charge in [-0.3, -0.25) is 4.99 Å². The second-order valence-corrected chi connectivity index (χ2v) is 3.56. The summed E-state index contributed by atoms with van der Waals surface area (Å²) >= 11 is 0. The van der Waals surface area contributed by atoms with Crippen LogP contribution in [0.4, 0.5) is 5.69 Å². The molecule has 4 nitrogen and oxygen atoms in total. The first-order chi connectivity index (χ1) is 7.74. The standard InChI is InChI=1S/C12H14N2O2/c1-3-16-12(15)8-4-5-10-9(6-8)7-11(13-2)14-10/h4-6H,3,7H2,1-2H3,(H,13,14). The van der Waals surface area contributed by atoms with Crippen LogP contribution >= 0.6 is 0 Å². The zero-order chi connectivity index (χ0) is 11.5. The molecular formula is C12H14N2O2. The van der Waals surface area contributed by atoms with Crippen molar-refractivity contribution in [2.45, 2.75) is 13.3 Å². The first-order valence-corrected chi connectivity index (χ1v) is 5.27. The van der Waals surface area contributed by atoms with Crippen molar-refractivity contribution < 1.29 is 9.53 Å². The zero-order valence-electron chi connectivity index (χ0n) is 9.41. The number of rotatable bonds is 2. The summed E-state index contributed by atoms with van der Waals surface area (Å²) in [6.07, 6.45) is 0.749. The topological polar surface area (TPSA) is 50.7 Å². The second-order valence-electron chi connectivity index (χ2n) is 3.56. The fourth-order valence-corrected chi connectivity index (χ4v) is 1.72. The number of nitrogens with one attached hydrogen (secondary N) is 1. The van der Waals surface area contributed by atoms with Gasteiger partial charge < -0.3 is 10.1 Å². The molecule has 4 heteroatoms. The van der Waals surface area contributed by atoms with Crippen molar-refractivity contribution in [1.82, 2.24) is 0 Å². The lowest BCUT2D eigenvalue weighted by Gasteiger charge is -2.03. The van der Waals surface area contributed by atoms with Crippen LogP contribution in [0.5, 0.6) is 0 Å². The van der Waals surface area contributed by atoms with Crippen molar-refractivity contribution >= 4 is 17.5 Å². The summed E-state index contributed by atoms with van der Waals surface area (Å²) in [5.74, 6) is 0.656. The number of anilines is 1. The summed E-state index contributed by atoms with van der Waals surface area (Å²) in [7, 11) is 1.75. The summed E-state index contributed by atoms with van der Waals surface area (Å²) < 4.78 is 4.95. The van der Waals surface area contributed by atoms with E-state index in [1.54, 1.807) is 20.0 Å². The lowest BCUT2D eigenvalue weighted by molar-refractivity contribution is 0.0526. The Labute approximate surface area is 94.3 Å². The van der Waals surface area contributed by atoms with Gasteiger partial charge in [0.15, 0.2) is 0 Å². The largest absolute Gasteiger partial charge is 0.462 e. The Balaban J connectivity index is 2.25. The Morgan fingerprint density at radius 2 is 2.38 bits per heavy atom. The number of carbonyl (C=O) groups is 1. The number of aliphatic imine (C=N–C) groups is 1. The van der Waals surface area contributed by atoms with E-state index in [1.165, 1.54) is 0 Å². The lowest BCUT2D eigenvalue weighted by Crippen LogP contribution is -2.04. The minimum atomic E-state index is -0.271. The molecule has 0 radical (unpaired) electrons.